The number of benzene rings is 1. The predicted molar refractivity (Wildman–Crippen MR) is 55.6 cm³/mol. The first-order valence-corrected chi connectivity index (χ1v) is 4.43. The van der Waals surface area contributed by atoms with Gasteiger partial charge in [-0.3, -0.25) is 14.9 Å². The second-order valence-electron chi connectivity index (χ2n) is 3.07. The largest absolute Gasteiger partial charge is 0.452 e. The van der Waals surface area contributed by atoms with Gasteiger partial charge < -0.3 is 4.42 Å². The Morgan fingerprint density at radius 3 is 2.31 bits per heavy atom. The van der Waals surface area contributed by atoms with Gasteiger partial charge in [-0.05, 0) is 24.3 Å². The van der Waals surface area contributed by atoms with Gasteiger partial charge in [0, 0.05) is 17.7 Å². The summed E-state index contributed by atoms with van der Waals surface area (Å²) in [5.74, 6) is 0.585. The normalized spacial score (nSPS) is 10.0. The van der Waals surface area contributed by atoms with Crippen molar-refractivity contribution in [1.29, 1.82) is 0 Å². The zero-order chi connectivity index (χ0) is 11.5. The van der Waals surface area contributed by atoms with Crippen LogP contribution in [-0.2, 0) is 4.79 Å². The first-order valence-electron chi connectivity index (χ1n) is 4.43. The van der Waals surface area contributed by atoms with Gasteiger partial charge in [0.2, 0.25) is 0 Å². The second kappa shape index (κ2) is 3.98. The van der Waals surface area contributed by atoms with Gasteiger partial charge in [-0.15, -0.1) is 0 Å². The molecule has 0 amide bonds. The van der Waals surface area contributed by atoms with E-state index >= 15 is 0 Å². The molecule has 0 aliphatic heterocycles. The molecule has 0 fully saturated rings. The molecule has 0 aliphatic rings. The number of nitrogens with zero attached hydrogens (tertiary/aromatic N) is 1. The summed E-state index contributed by atoms with van der Waals surface area (Å²) in [6.45, 7) is 0. The summed E-state index contributed by atoms with van der Waals surface area (Å²) in [5.41, 5.74) is 0.685. The molecule has 79 valence electrons. The molecule has 2 aromatic rings. The van der Waals surface area contributed by atoms with E-state index in [9.17, 15) is 14.9 Å². The van der Waals surface area contributed by atoms with E-state index in [0.717, 1.165) is 0 Å². The minimum atomic E-state index is -0.476. The summed E-state index contributed by atoms with van der Waals surface area (Å²) in [6.07, 6.45) is 1.62. The van der Waals surface area contributed by atoms with E-state index < -0.39 is 4.92 Å². The summed E-state index contributed by atoms with van der Waals surface area (Å²) in [4.78, 5) is 20.2. The zero-order valence-electron chi connectivity index (χ0n) is 8.04. The van der Waals surface area contributed by atoms with Crippen molar-refractivity contribution in [3.8, 4) is 11.3 Å². The van der Waals surface area contributed by atoms with Crippen LogP contribution in [0, 0.1) is 10.1 Å². The van der Waals surface area contributed by atoms with Gasteiger partial charge in [-0.2, -0.15) is 0 Å². The van der Waals surface area contributed by atoms with E-state index in [1.165, 1.54) is 18.2 Å². The number of nitro groups is 1. The quantitative estimate of drug-likeness (QED) is 0.582. The highest BCUT2D eigenvalue weighted by molar-refractivity contribution is 5.73. The van der Waals surface area contributed by atoms with Crippen LogP contribution in [0.3, 0.4) is 0 Å². The third-order valence-electron chi connectivity index (χ3n) is 2.07. The molecular weight excluding hydrogens is 210 g/mol. The van der Waals surface area contributed by atoms with Crippen molar-refractivity contribution in [2.45, 2.75) is 0 Å². The van der Waals surface area contributed by atoms with Crippen molar-refractivity contribution in [3.63, 3.8) is 0 Å². The molecule has 5 nitrogen and oxygen atoms in total. The van der Waals surface area contributed by atoms with Gasteiger partial charge in [-0.25, -0.2) is 0 Å². The fourth-order valence-electron chi connectivity index (χ4n) is 1.30. The SMILES string of the molecule is O=[C]c1ccc(-c2ccc([N+](=O)[O-])cc2)o1. The minimum absolute atomic E-state index is 0.0116. The lowest BCUT2D eigenvalue weighted by Gasteiger charge is -1.95. The molecule has 5 heteroatoms. The number of carbonyl (C=O) groups excluding carboxylic acids is 1. The van der Waals surface area contributed by atoms with E-state index in [4.69, 9.17) is 4.42 Å². The monoisotopic (exact) mass is 216 g/mol. The standard InChI is InChI=1S/C11H6NO4/c13-7-10-5-6-11(16-10)8-1-3-9(4-2-8)12(14)15/h1-6H. The molecule has 16 heavy (non-hydrogen) atoms. The molecule has 0 unspecified atom stereocenters. The van der Waals surface area contributed by atoms with E-state index in [0.29, 0.717) is 11.3 Å². The third kappa shape index (κ3) is 1.83. The maximum atomic E-state index is 10.4. The van der Waals surface area contributed by atoms with E-state index in [1.54, 1.807) is 24.5 Å². The summed E-state index contributed by atoms with van der Waals surface area (Å²) in [5, 5.41) is 10.4. The number of rotatable bonds is 3. The van der Waals surface area contributed by atoms with Gasteiger partial charge in [0.25, 0.3) is 12.0 Å². The summed E-state index contributed by atoms with van der Waals surface area (Å²) >= 11 is 0. The maximum Gasteiger partial charge on any atom is 0.271 e. The number of hydrogen-bond donors (Lipinski definition) is 0. The van der Waals surface area contributed by atoms with E-state index in [2.05, 4.69) is 0 Å². The zero-order valence-corrected chi connectivity index (χ0v) is 8.04. The fraction of sp³-hybridized carbons (Fsp3) is 0. The highest BCUT2D eigenvalue weighted by Crippen LogP contribution is 2.23. The van der Waals surface area contributed by atoms with Crippen LogP contribution in [0.5, 0.6) is 0 Å². The molecule has 0 N–H and O–H groups in total. The fourth-order valence-corrected chi connectivity index (χ4v) is 1.30. The second-order valence-corrected chi connectivity index (χ2v) is 3.07. The molecule has 0 atom stereocenters. The number of hydrogen-bond acceptors (Lipinski definition) is 4. The average Bonchev–Trinajstić information content (AvgIpc) is 2.77. The molecule has 0 saturated heterocycles. The van der Waals surface area contributed by atoms with Crippen LogP contribution >= 0.6 is 0 Å². The van der Waals surface area contributed by atoms with E-state index in [1.807, 2.05) is 0 Å². The first kappa shape index (κ1) is 10.1. The van der Waals surface area contributed by atoms with E-state index in [-0.39, 0.29) is 11.4 Å². The Morgan fingerprint density at radius 1 is 1.12 bits per heavy atom. The smallest absolute Gasteiger partial charge is 0.271 e. The molecule has 1 radical (unpaired) electrons. The predicted octanol–water partition coefficient (Wildman–Crippen LogP) is 2.31. The van der Waals surface area contributed by atoms with Crippen LogP contribution in [0.25, 0.3) is 11.3 Å². The molecule has 0 spiro atoms. The van der Waals surface area contributed by atoms with Crippen molar-refractivity contribution in [3.05, 3.63) is 52.3 Å². The Bertz CT molecular complexity index is 527. The maximum absolute atomic E-state index is 10.4. The molecular formula is C11H6NO4. The summed E-state index contributed by atoms with van der Waals surface area (Å²) < 4.78 is 5.13. The van der Waals surface area contributed by atoms with Gasteiger partial charge in [0.15, 0.2) is 5.76 Å². The lowest BCUT2D eigenvalue weighted by atomic mass is 10.1. The van der Waals surface area contributed by atoms with Crippen molar-refractivity contribution >= 4 is 12.0 Å². The molecule has 1 aromatic heterocycles. The number of furan rings is 1. The average molecular weight is 216 g/mol. The number of non-ortho nitro benzene ring substituents is 1. The molecule has 1 heterocycles. The highest BCUT2D eigenvalue weighted by atomic mass is 16.6. The molecule has 2 rings (SSSR count). The van der Waals surface area contributed by atoms with Gasteiger partial charge in [0.05, 0.1) is 4.92 Å². The van der Waals surface area contributed by atoms with Crippen LogP contribution in [-0.4, -0.2) is 11.2 Å². The van der Waals surface area contributed by atoms with Gasteiger partial charge in [-0.1, -0.05) is 0 Å². The Hall–Kier alpha value is -2.43. The molecule has 0 aliphatic carbocycles. The van der Waals surface area contributed by atoms with Crippen LogP contribution < -0.4 is 0 Å². The Labute approximate surface area is 90.5 Å². The Kier molecular flexibility index (Phi) is 2.51. The first-order chi connectivity index (χ1) is 7.70. The Morgan fingerprint density at radius 2 is 1.81 bits per heavy atom. The van der Waals surface area contributed by atoms with Crippen LogP contribution in [0.15, 0.2) is 40.8 Å². The minimum Gasteiger partial charge on any atom is -0.452 e. The van der Waals surface area contributed by atoms with Crippen molar-refractivity contribution in [2.75, 3.05) is 0 Å². The van der Waals surface area contributed by atoms with Crippen LogP contribution in [0.1, 0.15) is 5.76 Å². The molecule has 1 aromatic carbocycles. The van der Waals surface area contributed by atoms with Gasteiger partial charge in [0.1, 0.15) is 5.76 Å². The van der Waals surface area contributed by atoms with Crippen LogP contribution in [0.4, 0.5) is 5.69 Å². The molecule has 0 saturated carbocycles. The lowest BCUT2D eigenvalue weighted by Crippen LogP contribution is -1.86. The highest BCUT2D eigenvalue weighted by Gasteiger charge is 2.08. The molecule has 0 bridgehead atoms. The van der Waals surface area contributed by atoms with Crippen molar-refractivity contribution in [2.24, 2.45) is 0 Å². The van der Waals surface area contributed by atoms with Crippen LogP contribution in [0.2, 0.25) is 0 Å². The third-order valence-corrected chi connectivity index (χ3v) is 2.07. The van der Waals surface area contributed by atoms with Crippen molar-refractivity contribution < 1.29 is 14.1 Å². The summed E-state index contributed by atoms with van der Waals surface area (Å²) in [7, 11) is 0. The topological polar surface area (TPSA) is 73.3 Å². The Balaban J connectivity index is 2.34. The summed E-state index contributed by atoms with van der Waals surface area (Å²) in [6, 6.07) is 8.98. The van der Waals surface area contributed by atoms with Crippen molar-refractivity contribution in [1.82, 2.24) is 0 Å². The lowest BCUT2D eigenvalue weighted by molar-refractivity contribution is -0.384. The number of nitro benzene ring substituents is 1. The van der Waals surface area contributed by atoms with Gasteiger partial charge >= 0.3 is 0 Å².